The third-order valence-electron chi connectivity index (χ3n) is 4.27. The molecule has 0 nitrogen and oxygen atoms in total. The van der Waals surface area contributed by atoms with Gasteiger partial charge in [-0.3, -0.25) is 0 Å². The summed E-state index contributed by atoms with van der Waals surface area (Å²) in [5.74, 6) is 0. The average molecular weight is 229 g/mol. The van der Waals surface area contributed by atoms with E-state index in [1.54, 1.807) is 0 Å². The van der Waals surface area contributed by atoms with Gasteiger partial charge in [0.2, 0.25) is 0 Å². The molecule has 0 aromatic carbocycles. The van der Waals surface area contributed by atoms with E-state index in [1.165, 1.54) is 51.4 Å². The monoisotopic (exact) mass is 228 g/mol. The minimum absolute atomic E-state index is 0.852. The van der Waals surface area contributed by atoms with E-state index in [4.69, 9.17) is 11.1 Å². The van der Waals surface area contributed by atoms with Gasteiger partial charge in [0, 0.05) is 0 Å². The van der Waals surface area contributed by atoms with Crippen LogP contribution in [0.2, 0.25) is 11.1 Å². The largest absolute Gasteiger partial charge is 0.185 e. The molecule has 2 heteroatoms. The summed E-state index contributed by atoms with van der Waals surface area (Å²) in [5.41, 5.74) is 3.90. The van der Waals surface area contributed by atoms with Gasteiger partial charge in [-0.15, -0.1) is 6.58 Å². The van der Waals surface area contributed by atoms with Gasteiger partial charge in [0.15, 0.2) is 7.38 Å². The van der Waals surface area contributed by atoms with Gasteiger partial charge >= 0.3 is 0 Å². The molecule has 2 fully saturated rings. The molecule has 0 heterocycles. The van der Waals surface area contributed by atoms with Gasteiger partial charge in [-0.2, -0.15) is 11.1 Å². The fraction of sp³-hybridized carbons (Fsp3) is 0.833. The van der Waals surface area contributed by atoms with Crippen molar-refractivity contribution in [2.45, 2.75) is 62.4 Å². The molecule has 2 aliphatic carbocycles. The van der Waals surface area contributed by atoms with Crippen LogP contribution in [0, 0.1) is 0 Å². The van der Waals surface area contributed by atoms with Crippen molar-refractivity contribution in [3.05, 3.63) is 12.3 Å². The second-order valence-electron chi connectivity index (χ2n) is 4.99. The molecule has 0 saturated heterocycles. The normalized spacial score (nSPS) is 25.8. The lowest BCUT2D eigenvalue weighted by molar-refractivity contribution is 0.773. The lowest BCUT2D eigenvalue weighted by Crippen LogP contribution is -2.35. The lowest BCUT2D eigenvalue weighted by Gasteiger charge is -2.33. The SMILES string of the molecule is C=C[Si](Cl)(C1CCCC1)C1CCCC1. The number of hydrogen-bond acceptors (Lipinski definition) is 0. The smallest absolute Gasteiger partial charge is 0.161 e. The van der Waals surface area contributed by atoms with Gasteiger partial charge in [0.25, 0.3) is 0 Å². The van der Waals surface area contributed by atoms with Crippen molar-refractivity contribution in [3.63, 3.8) is 0 Å². The molecule has 2 aliphatic rings. The number of hydrogen-bond donors (Lipinski definition) is 0. The third-order valence-corrected chi connectivity index (χ3v) is 10.9. The fourth-order valence-corrected chi connectivity index (χ4v) is 8.63. The van der Waals surface area contributed by atoms with Crippen molar-refractivity contribution in [3.8, 4) is 0 Å². The van der Waals surface area contributed by atoms with Gasteiger partial charge in [-0.25, -0.2) is 0 Å². The van der Waals surface area contributed by atoms with E-state index in [2.05, 4.69) is 12.3 Å². The summed E-state index contributed by atoms with van der Waals surface area (Å²) in [6.07, 6.45) is 11.2. The van der Waals surface area contributed by atoms with Crippen LogP contribution in [-0.2, 0) is 0 Å². The van der Waals surface area contributed by atoms with Crippen molar-refractivity contribution in [2.24, 2.45) is 0 Å². The Labute approximate surface area is 93.4 Å². The van der Waals surface area contributed by atoms with Crippen molar-refractivity contribution in [1.82, 2.24) is 0 Å². The molecule has 0 aromatic rings. The molecule has 2 saturated carbocycles. The van der Waals surface area contributed by atoms with Crippen LogP contribution in [0.5, 0.6) is 0 Å². The Bertz CT molecular complexity index is 186. The summed E-state index contributed by atoms with van der Waals surface area (Å²) in [5, 5.41) is 0. The van der Waals surface area contributed by atoms with Crippen LogP contribution >= 0.6 is 11.1 Å². The minimum Gasteiger partial charge on any atom is -0.161 e. The van der Waals surface area contributed by atoms with Crippen LogP contribution in [0.25, 0.3) is 0 Å². The molecule has 0 bridgehead atoms. The van der Waals surface area contributed by atoms with Gasteiger partial charge in [-0.05, 0) is 11.1 Å². The average Bonchev–Trinajstić information content (AvgIpc) is 2.88. The Morgan fingerprint density at radius 3 is 1.57 bits per heavy atom. The summed E-state index contributed by atoms with van der Waals surface area (Å²) in [7, 11) is -1.62. The molecule has 0 aromatic heterocycles. The van der Waals surface area contributed by atoms with Crippen molar-refractivity contribution >= 4 is 18.5 Å². The van der Waals surface area contributed by atoms with E-state index in [0.717, 1.165) is 11.1 Å². The molecule has 2 rings (SSSR count). The van der Waals surface area contributed by atoms with Crippen LogP contribution in [-0.4, -0.2) is 7.38 Å². The molecule has 0 radical (unpaired) electrons. The maximum absolute atomic E-state index is 6.96. The molecular weight excluding hydrogens is 208 g/mol. The van der Waals surface area contributed by atoms with Crippen LogP contribution in [0.1, 0.15) is 51.4 Å². The molecule has 0 amide bonds. The van der Waals surface area contributed by atoms with E-state index in [0.29, 0.717) is 0 Å². The van der Waals surface area contributed by atoms with Crippen LogP contribution in [0.3, 0.4) is 0 Å². The van der Waals surface area contributed by atoms with E-state index in [9.17, 15) is 0 Å². The molecule has 0 N–H and O–H groups in total. The number of halogens is 1. The highest BCUT2D eigenvalue weighted by atomic mass is 35.6. The minimum atomic E-state index is -1.62. The van der Waals surface area contributed by atoms with Gasteiger partial charge < -0.3 is 0 Å². The second kappa shape index (κ2) is 4.40. The topological polar surface area (TPSA) is 0 Å². The summed E-state index contributed by atoms with van der Waals surface area (Å²) in [6, 6.07) is 0. The first-order chi connectivity index (χ1) is 6.77. The first-order valence-electron chi connectivity index (χ1n) is 6.10. The highest BCUT2D eigenvalue weighted by Gasteiger charge is 2.45. The third kappa shape index (κ3) is 1.81. The Hall–Kier alpha value is 0.247. The maximum atomic E-state index is 6.96. The molecule has 80 valence electrons. The fourth-order valence-electron chi connectivity index (χ4n) is 3.40. The highest BCUT2D eigenvalue weighted by molar-refractivity contribution is 7.24. The standard InChI is InChI=1S/C12H21ClSi/c1-2-14(13,11-7-3-4-8-11)12-9-5-6-10-12/h2,11-12H,1,3-10H2. The molecule has 0 aliphatic heterocycles. The lowest BCUT2D eigenvalue weighted by atomic mass is 10.3. The van der Waals surface area contributed by atoms with E-state index in [-0.39, 0.29) is 0 Å². The molecular formula is C12H21ClSi. The van der Waals surface area contributed by atoms with Crippen LogP contribution in [0.15, 0.2) is 12.3 Å². The van der Waals surface area contributed by atoms with Gasteiger partial charge in [-0.1, -0.05) is 57.1 Å². The second-order valence-corrected chi connectivity index (χ2v) is 10.7. The quantitative estimate of drug-likeness (QED) is 0.482. The van der Waals surface area contributed by atoms with E-state index in [1.807, 2.05) is 0 Å². The molecule has 14 heavy (non-hydrogen) atoms. The predicted octanol–water partition coefficient (Wildman–Crippen LogP) is 4.78. The van der Waals surface area contributed by atoms with Crippen molar-refractivity contribution in [1.29, 1.82) is 0 Å². The summed E-state index contributed by atoms with van der Waals surface area (Å²) in [4.78, 5) is 0. The zero-order chi connectivity index (χ0) is 10.0. The first-order valence-corrected chi connectivity index (χ1v) is 9.34. The summed E-state index contributed by atoms with van der Waals surface area (Å²) in [6.45, 7) is 4.05. The molecule has 0 spiro atoms. The van der Waals surface area contributed by atoms with Crippen LogP contribution < -0.4 is 0 Å². The first kappa shape index (κ1) is 10.8. The van der Waals surface area contributed by atoms with Crippen molar-refractivity contribution < 1.29 is 0 Å². The van der Waals surface area contributed by atoms with Gasteiger partial charge in [0.1, 0.15) is 0 Å². The Morgan fingerprint density at radius 2 is 1.29 bits per heavy atom. The molecule has 0 unspecified atom stereocenters. The number of rotatable bonds is 3. The zero-order valence-corrected chi connectivity index (χ0v) is 10.7. The summed E-state index contributed by atoms with van der Waals surface area (Å²) < 4.78 is 0. The van der Waals surface area contributed by atoms with E-state index >= 15 is 0 Å². The Morgan fingerprint density at radius 1 is 0.929 bits per heavy atom. The highest BCUT2D eigenvalue weighted by Crippen LogP contribution is 2.52. The Balaban J connectivity index is 2.09. The van der Waals surface area contributed by atoms with Gasteiger partial charge in [0.05, 0.1) is 0 Å². The Kier molecular flexibility index (Phi) is 3.38. The van der Waals surface area contributed by atoms with E-state index < -0.39 is 7.38 Å². The summed E-state index contributed by atoms with van der Waals surface area (Å²) >= 11 is 6.96. The zero-order valence-electron chi connectivity index (χ0n) is 8.97. The van der Waals surface area contributed by atoms with Crippen LogP contribution in [0.4, 0.5) is 0 Å². The maximum Gasteiger partial charge on any atom is 0.185 e. The van der Waals surface area contributed by atoms with Crippen molar-refractivity contribution in [2.75, 3.05) is 0 Å². The predicted molar refractivity (Wildman–Crippen MR) is 66.2 cm³/mol. The molecule has 0 atom stereocenters.